The lowest BCUT2D eigenvalue weighted by Crippen LogP contribution is -2.30. The highest BCUT2D eigenvalue weighted by Crippen LogP contribution is 2.23. The molecule has 10 heavy (non-hydrogen) atoms. The van der Waals surface area contributed by atoms with Gasteiger partial charge in [0.25, 0.3) is 0 Å². The first kappa shape index (κ1) is 9.92. The molecule has 0 heterocycles. The Bertz CT molecular complexity index is 69.1. The van der Waals surface area contributed by atoms with Crippen LogP contribution in [0.15, 0.2) is 0 Å². The van der Waals surface area contributed by atoms with E-state index in [2.05, 4.69) is 20.8 Å². The summed E-state index contributed by atoms with van der Waals surface area (Å²) in [4.78, 5) is 0. The van der Waals surface area contributed by atoms with Gasteiger partial charge >= 0.3 is 0 Å². The van der Waals surface area contributed by atoms with Gasteiger partial charge in [0.05, 0.1) is 5.60 Å². The summed E-state index contributed by atoms with van der Waals surface area (Å²) < 4.78 is 5.23. The van der Waals surface area contributed by atoms with Crippen LogP contribution in [0.25, 0.3) is 0 Å². The molecule has 0 rings (SSSR count). The minimum Gasteiger partial charge on any atom is -0.371 e. The Labute approximate surface area is 63.2 Å². The third-order valence-corrected chi connectivity index (χ3v) is 2.30. The van der Waals surface area contributed by atoms with Crippen molar-refractivity contribution in [3.63, 3.8) is 0 Å². The standard InChI is InChI=1S/C8H18O2/c1-4-8(5-2,6-3)10-7-9/h9H,4-7H2,1-3H3. The Kier molecular flexibility index (Phi) is 4.65. The van der Waals surface area contributed by atoms with E-state index in [1.807, 2.05) is 0 Å². The molecule has 0 saturated heterocycles. The summed E-state index contributed by atoms with van der Waals surface area (Å²) in [6.45, 7) is 6.10. The molecule has 0 aliphatic carbocycles. The Morgan fingerprint density at radius 3 is 1.60 bits per heavy atom. The fraction of sp³-hybridized carbons (Fsp3) is 1.00. The van der Waals surface area contributed by atoms with E-state index < -0.39 is 0 Å². The van der Waals surface area contributed by atoms with E-state index in [0.717, 1.165) is 19.3 Å². The van der Waals surface area contributed by atoms with Crippen LogP contribution < -0.4 is 0 Å². The van der Waals surface area contributed by atoms with E-state index in [1.54, 1.807) is 0 Å². The number of hydrogen-bond donors (Lipinski definition) is 1. The van der Waals surface area contributed by atoms with Crippen LogP contribution in [0, 0.1) is 0 Å². The van der Waals surface area contributed by atoms with Gasteiger partial charge in [-0.3, -0.25) is 0 Å². The van der Waals surface area contributed by atoms with Crippen LogP contribution in [0.5, 0.6) is 0 Å². The van der Waals surface area contributed by atoms with Crippen LogP contribution in [0.1, 0.15) is 40.0 Å². The van der Waals surface area contributed by atoms with E-state index in [9.17, 15) is 0 Å². The minimum absolute atomic E-state index is 0.0747. The fourth-order valence-corrected chi connectivity index (χ4v) is 1.19. The Morgan fingerprint density at radius 2 is 1.50 bits per heavy atom. The Balaban J connectivity index is 3.87. The molecule has 0 fully saturated rings. The molecule has 0 aliphatic rings. The van der Waals surface area contributed by atoms with Gasteiger partial charge in [-0.25, -0.2) is 0 Å². The van der Waals surface area contributed by atoms with Crippen LogP contribution in [0.3, 0.4) is 0 Å². The monoisotopic (exact) mass is 146 g/mol. The van der Waals surface area contributed by atoms with Gasteiger partial charge in [0.15, 0.2) is 0 Å². The highest BCUT2D eigenvalue weighted by Gasteiger charge is 2.23. The molecule has 0 radical (unpaired) electrons. The molecule has 0 saturated carbocycles. The van der Waals surface area contributed by atoms with E-state index in [0.29, 0.717) is 0 Å². The summed E-state index contributed by atoms with van der Waals surface area (Å²) in [5.41, 5.74) is -0.0747. The predicted octanol–water partition coefficient (Wildman–Crippen LogP) is 1.92. The largest absolute Gasteiger partial charge is 0.371 e. The minimum atomic E-state index is -0.157. The second-order valence-electron chi connectivity index (χ2n) is 2.52. The third-order valence-electron chi connectivity index (χ3n) is 2.30. The van der Waals surface area contributed by atoms with Gasteiger partial charge in [0, 0.05) is 0 Å². The number of hydrogen-bond acceptors (Lipinski definition) is 2. The summed E-state index contributed by atoms with van der Waals surface area (Å²) in [5.74, 6) is 0. The van der Waals surface area contributed by atoms with E-state index in [1.165, 1.54) is 0 Å². The molecule has 0 bridgehead atoms. The lowest BCUT2D eigenvalue weighted by atomic mass is 9.94. The van der Waals surface area contributed by atoms with Crippen molar-refractivity contribution in [2.45, 2.75) is 45.6 Å². The van der Waals surface area contributed by atoms with Gasteiger partial charge in [0.1, 0.15) is 6.79 Å². The lowest BCUT2D eigenvalue weighted by molar-refractivity contribution is -0.122. The Morgan fingerprint density at radius 1 is 1.10 bits per heavy atom. The van der Waals surface area contributed by atoms with Crippen molar-refractivity contribution < 1.29 is 9.84 Å². The van der Waals surface area contributed by atoms with Gasteiger partial charge in [-0.1, -0.05) is 20.8 Å². The molecule has 0 aliphatic heterocycles. The molecule has 62 valence electrons. The van der Waals surface area contributed by atoms with Crippen LogP contribution in [-0.4, -0.2) is 17.5 Å². The molecule has 0 amide bonds. The van der Waals surface area contributed by atoms with Crippen LogP contribution in [-0.2, 0) is 4.74 Å². The number of aliphatic hydroxyl groups is 1. The van der Waals surface area contributed by atoms with Crippen molar-refractivity contribution in [2.75, 3.05) is 6.79 Å². The van der Waals surface area contributed by atoms with E-state index in [-0.39, 0.29) is 12.4 Å². The second-order valence-corrected chi connectivity index (χ2v) is 2.52. The molecule has 0 unspecified atom stereocenters. The first-order valence-corrected chi connectivity index (χ1v) is 3.99. The zero-order valence-electron chi connectivity index (χ0n) is 7.18. The van der Waals surface area contributed by atoms with Crippen molar-refractivity contribution in [1.29, 1.82) is 0 Å². The summed E-state index contributed by atoms with van der Waals surface area (Å²) in [6, 6.07) is 0. The molecule has 0 atom stereocenters. The number of ether oxygens (including phenoxy) is 1. The normalized spacial score (nSPS) is 12.0. The maximum Gasteiger partial charge on any atom is 0.144 e. The van der Waals surface area contributed by atoms with Crippen molar-refractivity contribution in [3.8, 4) is 0 Å². The van der Waals surface area contributed by atoms with Gasteiger partial charge < -0.3 is 9.84 Å². The van der Waals surface area contributed by atoms with E-state index in [4.69, 9.17) is 9.84 Å². The van der Waals surface area contributed by atoms with E-state index >= 15 is 0 Å². The first-order valence-electron chi connectivity index (χ1n) is 3.99. The predicted molar refractivity (Wildman–Crippen MR) is 41.8 cm³/mol. The van der Waals surface area contributed by atoms with Crippen molar-refractivity contribution >= 4 is 0 Å². The van der Waals surface area contributed by atoms with Gasteiger partial charge in [-0.15, -0.1) is 0 Å². The summed E-state index contributed by atoms with van der Waals surface area (Å²) in [7, 11) is 0. The van der Waals surface area contributed by atoms with Gasteiger partial charge in [-0.05, 0) is 19.3 Å². The first-order chi connectivity index (χ1) is 4.74. The fourth-order valence-electron chi connectivity index (χ4n) is 1.19. The quantitative estimate of drug-likeness (QED) is 0.600. The highest BCUT2D eigenvalue weighted by molar-refractivity contribution is 4.74. The van der Waals surface area contributed by atoms with Crippen molar-refractivity contribution in [1.82, 2.24) is 0 Å². The van der Waals surface area contributed by atoms with Crippen molar-refractivity contribution in [3.05, 3.63) is 0 Å². The smallest absolute Gasteiger partial charge is 0.144 e. The molecule has 1 N–H and O–H groups in total. The average molecular weight is 146 g/mol. The van der Waals surface area contributed by atoms with Gasteiger partial charge in [-0.2, -0.15) is 0 Å². The van der Waals surface area contributed by atoms with Crippen LogP contribution >= 0.6 is 0 Å². The maximum absolute atomic E-state index is 8.57. The number of aliphatic hydroxyl groups excluding tert-OH is 1. The molecule has 0 aromatic heterocycles. The molecular formula is C8H18O2. The van der Waals surface area contributed by atoms with Gasteiger partial charge in [0.2, 0.25) is 0 Å². The average Bonchev–Trinajstić information content (AvgIpc) is 2.01. The zero-order chi connectivity index (χ0) is 8.04. The summed E-state index contributed by atoms with van der Waals surface area (Å²) >= 11 is 0. The molecule has 2 heteroatoms. The SMILES string of the molecule is CCC(CC)(CC)OCO. The topological polar surface area (TPSA) is 29.5 Å². The highest BCUT2D eigenvalue weighted by atomic mass is 16.6. The zero-order valence-corrected chi connectivity index (χ0v) is 7.18. The molecule has 2 nitrogen and oxygen atoms in total. The maximum atomic E-state index is 8.57. The molecule has 0 spiro atoms. The number of rotatable bonds is 5. The Hall–Kier alpha value is -0.0800. The molecule has 0 aromatic carbocycles. The summed E-state index contributed by atoms with van der Waals surface area (Å²) in [5, 5.41) is 8.57. The van der Waals surface area contributed by atoms with Crippen LogP contribution in [0.2, 0.25) is 0 Å². The molecule has 0 aromatic rings. The van der Waals surface area contributed by atoms with Crippen molar-refractivity contribution in [2.24, 2.45) is 0 Å². The molecular weight excluding hydrogens is 128 g/mol. The second kappa shape index (κ2) is 4.69. The summed E-state index contributed by atoms with van der Waals surface area (Å²) in [6.07, 6.45) is 2.92. The third kappa shape index (κ3) is 2.27. The lowest BCUT2D eigenvalue weighted by Gasteiger charge is -2.29. The van der Waals surface area contributed by atoms with Crippen LogP contribution in [0.4, 0.5) is 0 Å².